The fraction of sp³-hybridized carbons (Fsp3) is 0.143. The van der Waals surface area contributed by atoms with Gasteiger partial charge in [0.25, 0.3) is 5.91 Å². The SMILES string of the molecule is Cc1ccc(Cl)c(CC(F)C(=O)Nc2csc(-c3ccc(Br)cc3)c2C(=O)O)c1. The molecule has 1 unspecified atom stereocenters. The third kappa shape index (κ3) is 5.04. The highest BCUT2D eigenvalue weighted by Crippen LogP contribution is 2.36. The Labute approximate surface area is 184 Å². The number of hydrogen-bond donors (Lipinski definition) is 2. The molecule has 150 valence electrons. The number of hydrogen-bond acceptors (Lipinski definition) is 3. The minimum absolute atomic E-state index is 0.0635. The number of thiophene rings is 1. The van der Waals surface area contributed by atoms with Crippen LogP contribution in [0, 0.1) is 6.92 Å². The second kappa shape index (κ2) is 9.07. The molecule has 1 aromatic heterocycles. The molecule has 0 aliphatic heterocycles. The minimum Gasteiger partial charge on any atom is -0.478 e. The summed E-state index contributed by atoms with van der Waals surface area (Å²) in [7, 11) is 0. The van der Waals surface area contributed by atoms with E-state index in [4.69, 9.17) is 11.6 Å². The van der Waals surface area contributed by atoms with E-state index in [9.17, 15) is 19.1 Å². The number of halogens is 3. The van der Waals surface area contributed by atoms with E-state index in [1.165, 1.54) is 16.7 Å². The molecule has 1 atom stereocenters. The number of rotatable bonds is 6. The van der Waals surface area contributed by atoms with Crippen LogP contribution in [0.1, 0.15) is 21.5 Å². The Hall–Kier alpha value is -2.22. The molecule has 0 spiro atoms. The van der Waals surface area contributed by atoms with Crippen LogP contribution in [0.3, 0.4) is 0 Å². The number of anilines is 1. The van der Waals surface area contributed by atoms with Crippen molar-refractivity contribution in [3.05, 3.63) is 74.0 Å². The van der Waals surface area contributed by atoms with Gasteiger partial charge in [0.2, 0.25) is 0 Å². The highest BCUT2D eigenvalue weighted by molar-refractivity contribution is 9.10. The Bertz CT molecular complexity index is 1070. The number of alkyl halides is 1. The monoisotopic (exact) mass is 495 g/mol. The second-order valence-corrected chi connectivity index (χ2v) is 8.62. The number of aryl methyl sites for hydroxylation is 1. The van der Waals surface area contributed by atoms with Gasteiger partial charge >= 0.3 is 5.97 Å². The second-order valence-electron chi connectivity index (χ2n) is 6.42. The van der Waals surface area contributed by atoms with E-state index >= 15 is 0 Å². The molecule has 8 heteroatoms. The van der Waals surface area contributed by atoms with Crippen LogP contribution >= 0.6 is 38.9 Å². The lowest BCUT2D eigenvalue weighted by Crippen LogP contribution is -2.26. The summed E-state index contributed by atoms with van der Waals surface area (Å²) in [4.78, 5) is 24.6. The van der Waals surface area contributed by atoms with E-state index in [0.717, 1.165) is 10.0 Å². The van der Waals surface area contributed by atoms with Crippen LogP contribution in [0.25, 0.3) is 10.4 Å². The normalized spacial score (nSPS) is 11.9. The average molecular weight is 497 g/mol. The first-order valence-electron chi connectivity index (χ1n) is 8.57. The minimum atomic E-state index is -1.87. The summed E-state index contributed by atoms with van der Waals surface area (Å²) in [6, 6.07) is 12.3. The molecule has 1 amide bonds. The number of carboxylic acids is 1. The largest absolute Gasteiger partial charge is 0.478 e. The van der Waals surface area contributed by atoms with Gasteiger partial charge in [0.15, 0.2) is 6.17 Å². The Morgan fingerprint density at radius 2 is 1.93 bits per heavy atom. The summed E-state index contributed by atoms with van der Waals surface area (Å²) in [5.74, 6) is -2.11. The Balaban J connectivity index is 1.82. The van der Waals surface area contributed by atoms with Gasteiger partial charge in [-0.05, 0) is 36.2 Å². The molecule has 29 heavy (non-hydrogen) atoms. The molecule has 0 fully saturated rings. The number of nitrogens with one attached hydrogen (secondary N) is 1. The van der Waals surface area contributed by atoms with Crippen LogP contribution in [0.4, 0.5) is 10.1 Å². The first-order chi connectivity index (χ1) is 13.8. The van der Waals surface area contributed by atoms with Crippen molar-refractivity contribution in [1.82, 2.24) is 0 Å². The molecule has 0 bridgehead atoms. The molecule has 0 saturated heterocycles. The van der Waals surface area contributed by atoms with Gasteiger partial charge in [-0.1, -0.05) is 57.4 Å². The fourth-order valence-electron chi connectivity index (χ4n) is 2.83. The number of aromatic carboxylic acids is 1. The molecular formula is C21H16BrClFNO3S. The number of carbonyl (C=O) groups is 2. The highest BCUT2D eigenvalue weighted by atomic mass is 79.9. The van der Waals surface area contributed by atoms with Crippen molar-refractivity contribution in [1.29, 1.82) is 0 Å². The van der Waals surface area contributed by atoms with Crippen molar-refractivity contribution in [2.45, 2.75) is 19.5 Å². The lowest BCUT2D eigenvalue weighted by Gasteiger charge is -2.11. The topological polar surface area (TPSA) is 66.4 Å². The standard InChI is InChI=1S/C21H16BrClFNO3S/c1-11-2-7-15(23)13(8-11)9-16(24)20(26)25-17-10-29-19(18(17)21(27)28)12-3-5-14(22)6-4-12/h2-8,10,16H,9H2,1H3,(H,25,26)(H,27,28). The quantitative estimate of drug-likeness (QED) is 0.417. The average Bonchev–Trinajstić information content (AvgIpc) is 3.09. The van der Waals surface area contributed by atoms with Crippen molar-refractivity contribution in [3.63, 3.8) is 0 Å². The molecule has 3 aromatic rings. The fourth-order valence-corrected chi connectivity index (χ4v) is 4.29. The number of carboxylic acid groups (broad SMARTS) is 1. The summed E-state index contributed by atoms with van der Waals surface area (Å²) < 4.78 is 15.4. The van der Waals surface area contributed by atoms with E-state index in [1.807, 2.05) is 6.92 Å². The van der Waals surface area contributed by atoms with Gasteiger partial charge < -0.3 is 10.4 Å². The van der Waals surface area contributed by atoms with Gasteiger partial charge in [-0.25, -0.2) is 9.18 Å². The van der Waals surface area contributed by atoms with Gasteiger partial charge in [0, 0.05) is 21.3 Å². The van der Waals surface area contributed by atoms with E-state index in [-0.39, 0.29) is 17.7 Å². The van der Waals surface area contributed by atoms with Crippen molar-refractivity contribution in [2.75, 3.05) is 5.32 Å². The third-order valence-corrected chi connectivity index (χ3v) is 6.18. The molecule has 1 heterocycles. The maximum absolute atomic E-state index is 14.6. The first-order valence-corrected chi connectivity index (χ1v) is 10.6. The molecule has 0 aliphatic carbocycles. The summed E-state index contributed by atoms with van der Waals surface area (Å²) in [5, 5.41) is 13.9. The zero-order valence-corrected chi connectivity index (χ0v) is 18.4. The van der Waals surface area contributed by atoms with Crippen LogP contribution in [-0.2, 0) is 11.2 Å². The highest BCUT2D eigenvalue weighted by Gasteiger charge is 2.25. The molecule has 2 N–H and O–H groups in total. The van der Waals surface area contributed by atoms with Gasteiger partial charge in [-0.3, -0.25) is 4.79 Å². The molecule has 3 rings (SSSR count). The van der Waals surface area contributed by atoms with Crippen molar-refractivity contribution >= 4 is 56.4 Å². The van der Waals surface area contributed by atoms with E-state index in [2.05, 4.69) is 21.2 Å². The molecule has 0 radical (unpaired) electrons. The Morgan fingerprint density at radius 1 is 1.24 bits per heavy atom. The first kappa shape index (κ1) is 21.5. The van der Waals surface area contributed by atoms with Gasteiger partial charge in [-0.2, -0.15) is 0 Å². The summed E-state index contributed by atoms with van der Waals surface area (Å²) in [5.41, 5.74) is 2.13. The van der Waals surface area contributed by atoms with Crippen LogP contribution in [0.2, 0.25) is 5.02 Å². The number of carbonyl (C=O) groups excluding carboxylic acids is 1. The predicted octanol–water partition coefficient (Wildman–Crippen LogP) is 6.36. The third-order valence-electron chi connectivity index (χ3n) is 4.25. The van der Waals surface area contributed by atoms with Crippen LogP contribution < -0.4 is 5.32 Å². The zero-order valence-electron chi connectivity index (χ0n) is 15.2. The number of benzene rings is 2. The van der Waals surface area contributed by atoms with Crippen LogP contribution in [0.5, 0.6) is 0 Å². The number of amides is 1. The van der Waals surface area contributed by atoms with E-state index in [1.54, 1.807) is 42.5 Å². The molecule has 2 aromatic carbocycles. The molecule has 4 nitrogen and oxygen atoms in total. The predicted molar refractivity (Wildman–Crippen MR) is 118 cm³/mol. The lowest BCUT2D eigenvalue weighted by atomic mass is 10.1. The van der Waals surface area contributed by atoms with Crippen molar-refractivity contribution in [3.8, 4) is 10.4 Å². The van der Waals surface area contributed by atoms with E-state index < -0.39 is 18.0 Å². The van der Waals surface area contributed by atoms with Gasteiger partial charge in [-0.15, -0.1) is 11.3 Å². The summed E-state index contributed by atoms with van der Waals surface area (Å²) in [6.07, 6.45) is -2.06. The summed E-state index contributed by atoms with van der Waals surface area (Å²) >= 11 is 10.6. The van der Waals surface area contributed by atoms with Gasteiger partial charge in [0.1, 0.15) is 5.56 Å². The molecular weight excluding hydrogens is 481 g/mol. The Morgan fingerprint density at radius 3 is 2.59 bits per heavy atom. The maximum atomic E-state index is 14.6. The zero-order chi connectivity index (χ0) is 21.1. The molecule has 0 saturated carbocycles. The molecule has 0 aliphatic rings. The smallest absolute Gasteiger partial charge is 0.339 e. The maximum Gasteiger partial charge on any atom is 0.339 e. The van der Waals surface area contributed by atoms with Crippen molar-refractivity contribution in [2.24, 2.45) is 0 Å². The summed E-state index contributed by atoms with van der Waals surface area (Å²) in [6.45, 7) is 1.85. The van der Waals surface area contributed by atoms with Crippen LogP contribution in [0.15, 0.2) is 52.3 Å². The van der Waals surface area contributed by atoms with E-state index in [0.29, 0.717) is 21.0 Å². The van der Waals surface area contributed by atoms with Crippen molar-refractivity contribution < 1.29 is 19.1 Å². The van der Waals surface area contributed by atoms with Crippen LogP contribution in [-0.4, -0.2) is 23.2 Å². The lowest BCUT2D eigenvalue weighted by molar-refractivity contribution is -0.120. The Kier molecular flexibility index (Phi) is 6.72. The van der Waals surface area contributed by atoms with Gasteiger partial charge in [0.05, 0.1) is 10.6 Å².